The van der Waals surface area contributed by atoms with Gasteiger partial charge in [-0.25, -0.2) is 10.2 Å². The Morgan fingerprint density at radius 2 is 2.00 bits per heavy atom. The summed E-state index contributed by atoms with van der Waals surface area (Å²) in [6, 6.07) is 5.78. The van der Waals surface area contributed by atoms with Gasteiger partial charge in [-0.05, 0) is 57.2 Å². The van der Waals surface area contributed by atoms with Gasteiger partial charge in [-0.1, -0.05) is 0 Å². The predicted molar refractivity (Wildman–Crippen MR) is 141 cm³/mol. The molecule has 0 spiro atoms. The van der Waals surface area contributed by atoms with Crippen LogP contribution in [0.4, 0.5) is 5.69 Å². The van der Waals surface area contributed by atoms with Gasteiger partial charge in [-0.15, -0.1) is 11.3 Å². The van der Waals surface area contributed by atoms with Crippen molar-refractivity contribution in [1.29, 1.82) is 0 Å². The standard InChI is InChI=1S/C26H24N4O7S/c1-13-8-16(14(2)29(13)25-22(26(32)33)18-6-4-5-7-21(18)38-25)12-27-28-24(31)20-10-15-9-17(30(34)35)11-19(36-3)23(15)37-20/h8-12H,4-7H2,1-3H3,(H,28,31)(H,32,33)/b27-12-. The monoisotopic (exact) mass is 536 g/mol. The van der Waals surface area contributed by atoms with Crippen LogP contribution in [0.3, 0.4) is 0 Å². The fourth-order valence-corrected chi connectivity index (χ4v) is 6.34. The Bertz CT molecular complexity index is 1640. The molecule has 1 aromatic carbocycles. The van der Waals surface area contributed by atoms with E-state index in [9.17, 15) is 24.8 Å². The number of rotatable bonds is 7. The lowest BCUT2D eigenvalue weighted by molar-refractivity contribution is -0.384. The van der Waals surface area contributed by atoms with Crippen molar-refractivity contribution in [1.82, 2.24) is 9.99 Å². The molecule has 5 rings (SSSR count). The Hall–Kier alpha value is -4.45. The normalized spacial score (nSPS) is 13.1. The first-order valence-corrected chi connectivity index (χ1v) is 12.7. The number of non-ortho nitro benzene ring substituents is 1. The summed E-state index contributed by atoms with van der Waals surface area (Å²) in [6.07, 6.45) is 5.19. The molecule has 1 amide bonds. The number of thiophene rings is 1. The number of hydrazone groups is 1. The van der Waals surface area contributed by atoms with E-state index in [1.165, 1.54) is 42.9 Å². The molecular weight excluding hydrogens is 512 g/mol. The Balaban J connectivity index is 1.40. The molecule has 0 radical (unpaired) electrons. The number of aryl methyl sites for hydroxylation is 2. The third kappa shape index (κ3) is 4.32. The highest BCUT2D eigenvalue weighted by Gasteiger charge is 2.27. The number of furan rings is 1. The van der Waals surface area contributed by atoms with E-state index in [-0.39, 0.29) is 22.8 Å². The zero-order valence-electron chi connectivity index (χ0n) is 20.9. The number of benzene rings is 1. The number of aromatic nitrogens is 1. The first-order chi connectivity index (χ1) is 18.2. The molecule has 11 nitrogen and oxygen atoms in total. The first kappa shape index (κ1) is 25.2. The summed E-state index contributed by atoms with van der Waals surface area (Å²) in [6.45, 7) is 3.77. The third-order valence-corrected chi connectivity index (χ3v) is 7.91. The van der Waals surface area contributed by atoms with E-state index in [1.807, 2.05) is 24.5 Å². The van der Waals surface area contributed by atoms with Gasteiger partial charge < -0.3 is 18.8 Å². The molecule has 4 aromatic rings. The van der Waals surface area contributed by atoms with Crippen molar-refractivity contribution >= 4 is 46.1 Å². The average Bonchev–Trinajstić information content (AvgIpc) is 3.56. The van der Waals surface area contributed by atoms with Crippen molar-refractivity contribution in [2.75, 3.05) is 7.11 Å². The lowest BCUT2D eigenvalue weighted by Crippen LogP contribution is -2.16. The van der Waals surface area contributed by atoms with Crippen molar-refractivity contribution < 1.29 is 28.8 Å². The number of nitro benzene ring substituents is 1. The molecule has 38 heavy (non-hydrogen) atoms. The van der Waals surface area contributed by atoms with E-state index in [0.717, 1.165) is 47.5 Å². The minimum absolute atomic E-state index is 0.0864. The zero-order chi connectivity index (χ0) is 27.1. The summed E-state index contributed by atoms with van der Waals surface area (Å²) < 4.78 is 12.7. The van der Waals surface area contributed by atoms with Crippen LogP contribution in [-0.4, -0.2) is 39.8 Å². The van der Waals surface area contributed by atoms with Crippen LogP contribution in [0.5, 0.6) is 5.75 Å². The van der Waals surface area contributed by atoms with Crippen LogP contribution in [0.25, 0.3) is 16.0 Å². The van der Waals surface area contributed by atoms with Gasteiger partial charge in [0.25, 0.3) is 5.69 Å². The lowest BCUT2D eigenvalue weighted by Gasteiger charge is -2.11. The number of carbonyl (C=O) groups excluding carboxylic acids is 1. The molecular formula is C26H24N4O7S. The maximum atomic E-state index is 12.7. The molecule has 0 bridgehead atoms. The van der Waals surface area contributed by atoms with Crippen molar-refractivity contribution in [3.63, 3.8) is 0 Å². The minimum atomic E-state index is -0.929. The number of amides is 1. The minimum Gasteiger partial charge on any atom is -0.493 e. The second kappa shape index (κ2) is 9.78. The summed E-state index contributed by atoms with van der Waals surface area (Å²) in [5, 5.41) is 26.2. The molecule has 12 heteroatoms. The maximum Gasteiger partial charge on any atom is 0.339 e. The molecule has 1 aliphatic carbocycles. The van der Waals surface area contributed by atoms with Crippen LogP contribution in [0.2, 0.25) is 0 Å². The van der Waals surface area contributed by atoms with Gasteiger partial charge in [0.2, 0.25) is 0 Å². The van der Waals surface area contributed by atoms with Crippen LogP contribution in [0, 0.1) is 24.0 Å². The van der Waals surface area contributed by atoms with Gasteiger partial charge >= 0.3 is 11.9 Å². The fourth-order valence-electron chi connectivity index (χ4n) is 4.85. The first-order valence-electron chi connectivity index (χ1n) is 11.9. The Morgan fingerprint density at radius 3 is 2.71 bits per heavy atom. The number of carbonyl (C=O) groups is 2. The number of fused-ring (bicyclic) bond motifs is 2. The highest BCUT2D eigenvalue weighted by atomic mass is 32.1. The second-order valence-electron chi connectivity index (χ2n) is 8.99. The number of hydrogen-bond donors (Lipinski definition) is 2. The SMILES string of the molecule is COc1cc([N+](=O)[O-])cc2cc(C(=O)N/N=C\c3cc(C)n(-c4sc5c(c4C(=O)O)CCCC5)c3C)oc12. The Morgan fingerprint density at radius 1 is 1.24 bits per heavy atom. The van der Waals surface area contributed by atoms with Crippen LogP contribution in [0.15, 0.2) is 33.8 Å². The van der Waals surface area contributed by atoms with Crippen molar-refractivity contribution in [2.45, 2.75) is 39.5 Å². The smallest absolute Gasteiger partial charge is 0.339 e. The largest absolute Gasteiger partial charge is 0.493 e. The Labute approximate surface area is 220 Å². The van der Waals surface area contributed by atoms with E-state index in [1.54, 1.807) is 0 Å². The number of carboxylic acids is 1. The molecule has 3 aromatic heterocycles. The van der Waals surface area contributed by atoms with Gasteiger partial charge in [0.15, 0.2) is 17.1 Å². The topological polar surface area (TPSA) is 149 Å². The number of hydrogen-bond acceptors (Lipinski definition) is 8. The lowest BCUT2D eigenvalue weighted by atomic mass is 9.95. The molecule has 3 heterocycles. The van der Waals surface area contributed by atoms with E-state index < -0.39 is 16.8 Å². The number of aromatic carboxylic acids is 1. The average molecular weight is 537 g/mol. The summed E-state index contributed by atoms with van der Waals surface area (Å²) >= 11 is 1.52. The van der Waals surface area contributed by atoms with Crippen LogP contribution >= 0.6 is 11.3 Å². The summed E-state index contributed by atoms with van der Waals surface area (Å²) in [7, 11) is 1.35. The van der Waals surface area contributed by atoms with Gasteiger partial charge in [0.1, 0.15) is 5.00 Å². The maximum absolute atomic E-state index is 12.7. The molecule has 0 fully saturated rings. The third-order valence-electron chi connectivity index (χ3n) is 6.63. The molecule has 0 unspecified atom stereocenters. The van der Waals surface area contributed by atoms with Crippen LogP contribution in [-0.2, 0) is 12.8 Å². The highest BCUT2D eigenvalue weighted by molar-refractivity contribution is 7.15. The van der Waals surface area contributed by atoms with Gasteiger partial charge in [-0.2, -0.15) is 5.10 Å². The van der Waals surface area contributed by atoms with Crippen LogP contribution in [0.1, 0.15) is 61.1 Å². The summed E-state index contributed by atoms with van der Waals surface area (Å²) in [5.74, 6) is -1.52. The molecule has 1 aliphatic rings. The number of carboxylic acid groups (broad SMARTS) is 1. The van der Waals surface area contributed by atoms with E-state index >= 15 is 0 Å². The molecule has 0 saturated heterocycles. The fraction of sp³-hybridized carbons (Fsp3) is 0.269. The van der Waals surface area contributed by atoms with Gasteiger partial charge in [-0.3, -0.25) is 14.9 Å². The van der Waals surface area contributed by atoms with Gasteiger partial charge in [0.05, 0.1) is 29.9 Å². The number of nitrogens with one attached hydrogen (secondary N) is 1. The van der Waals surface area contributed by atoms with E-state index in [0.29, 0.717) is 21.5 Å². The van der Waals surface area contributed by atoms with Crippen molar-refractivity contribution in [3.05, 3.63) is 73.1 Å². The zero-order valence-corrected chi connectivity index (χ0v) is 21.7. The quantitative estimate of drug-likeness (QED) is 0.188. The molecule has 2 N–H and O–H groups in total. The molecule has 196 valence electrons. The van der Waals surface area contributed by atoms with Crippen molar-refractivity contribution in [2.24, 2.45) is 5.10 Å². The second-order valence-corrected chi connectivity index (χ2v) is 10.1. The van der Waals surface area contributed by atoms with Gasteiger partial charge in [0, 0.05) is 33.3 Å². The van der Waals surface area contributed by atoms with E-state index in [2.05, 4.69) is 10.5 Å². The number of ether oxygens (including phenoxy) is 1. The van der Waals surface area contributed by atoms with Crippen LogP contribution < -0.4 is 10.2 Å². The molecule has 0 saturated carbocycles. The molecule has 0 atom stereocenters. The number of methoxy groups -OCH3 is 1. The van der Waals surface area contributed by atoms with E-state index in [4.69, 9.17) is 9.15 Å². The summed E-state index contributed by atoms with van der Waals surface area (Å²) in [5.41, 5.74) is 6.09. The predicted octanol–water partition coefficient (Wildman–Crippen LogP) is 5.16. The Kier molecular flexibility index (Phi) is 6.49. The van der Waals surface area contributed by atoms with Crippen molar-refractivity contribution in [3.8, 4) is 10.8 Å². The number of nitrogens with zero attached hydrogens (tertiary/aromatic N) is 3. The number of nitro groups is 1. The summed E-state index contributed by atoms with van der Waals surface area (Å²) in [4.78, 5) is 36.6. The highest BCUT2D eigenvalue weighted by Crippen LogP contribution is 2.38. The molecule has 0 aliphatic heterocycles.